The van der Waals surface area contributed by atoms with Gasteiger partial charge >= 0.3 is 0 Å². The largest absolute Gasteiger partial charge is 0.315 e. The Balaban J connectivity index is 2.36. The van der Waals surface area contributed by atoms with Crippen LogP contribution in [0.25, 0.3) is 0 Å². The SMILES string of the molecule is CC(C)NCCCc1nc(C(C)(C)C)cs1. The summed E-state index contributed by atoms with van der Waals surface area (Å²) in [5.74, 6) is 0. The van der Waals surface area contributed by atoms with Crippen LogP contribution in [0.5, 0.6) is 0 Å². The van der Waals surface area contributed by atoms with Crippen LogP contribution in [-0.4, -0.2) is 17.6 Å². The molecule has 1 heterocycles. The first-order valence-electron chi connectivity index (χ1n) is 6.08. The van der Waals surface area contributed by atoms with Gasteiger partial charge in [0.15, 0.2) is 0 Å². The number of aryl methyl sites for hydroxylation is 1. The fourth-order valence-corrected chi connectivity index (χ4v) is 2.47. The van der Waals surface area contributed by atoms with Gasteiger partial charge in [-0.1, -0.05) is 34.6 Å². The zero-order chi connectivity index (χ0) is 12.2. The summed E-state index contributed by atoms with van der Waals surface area (Å²) in [6.07, 6.45) is 2.27. The molecule has 0 unspecified atom stereocenters. The van der Waals surface area contributed by atoms with Crippen molar-refractivity contribution < 1.29 is 0 Å². The van der Waals surface area contributed by atoms with Crippen LogP contribution in [-0.2, 0) is 11.8 Å². The standard InChI is InChI=1S/C13H24N2S/c1-10(2)14-8-6-7-12-15-11(9-16-12)13(3,4)5/h9-10,14H,6-8H2,1-5H3. The van der Waals surface area contributed by atoms with Crippen LogP contribution < -0.4 is 5.32 Å². The third-order valence-electron chi connectivity index (χ3n) is 2.44. The van der Waals surface area contributed by atoms with Gasteiger partial charge in [-0.25, -0.2) is 4.98 Å². The predicted molar refractivity (Wildman–Crippen MR) is 72.3 cm³/mol. The molecule has 0 spiro atoms. The topological polar surface area (TPSA) is 24.9 Å². The second kappa shape index (κ2) is 5.78. The molecular formula is C13H24N2S. The van der Waals surface area contributed by atoms with Gasteiger partial charge in [0, 0.05) is 23.3 Å². The number of aromatic nitrogens is 1. The highest BCUT2D eigenvalue weighted by molar-refractivity contribution is 7.09. The van der Waals surface area contributed by atoms with E-state index in [2.05, 4.69) is 50.3 Å². The van der Waals surface area contributed by atoms with Crippen LogP contribution in [0.2, 0.25) is 0 Å². The molecular weight excluding hydrogens is 216 g/mol. The van der Waals surface area contributed by atoms with E-state index in [4.69, 9.17) is 0 Å². The molecule has 1 N–H and O–H groups in total. The van der Waals surface area contributed by atoms with E-state index in [0.717, 1.165) is 13.0 Å². The van der Waals surface area contributed by atoms with Gasteiger partial charge in [-0.2, -0.15) is 0 Å². The van der Waals surface area contributed by atoms with Crippen molar-refractivity contribution in [3.63, 3.8) is 0 Å². The van der Waals surface area contributed by atoms with Crippen LogP contribution in [0.1, 0.15) is 51.7 Å². The summed E-state index contributed by atoms with van der Waals surface area (Å²) in [5.41, 5.74) is 1.41. The minimum Gasteiger partial charge on any atom is -0.315 e. The first-order chi connectivity index (χ1) is 7.39. The predicted octanol–water partition coefficient (Wildman–Crippen LogP) is 3.37. The van der Waals surface area contributed by atoms with Gasteiger partial charge in [0.05, 0.1) is 10.7 Å². The molecule has 1 rings (SSSR count). The lowest BCUT2D eigenvalue weighted by Crippen LogP contribution is -2.23. The summed E-state index contributed by atoms with van der Waals surface area (Å²) in [4.78, 5) is 4.69. The lowest BCUT2D eigenvalue weighted by atomic mass is 9.93. The van der Waals surface area contributed by atoms with Crippen molar-refractivity contribution in [2.45, 2.75) is 58.9 Å². The van der Waals surface area contributed by atoms with Crippen LogP contribution in [0.3, 0.4) is 0 Å². The number of nitrogens with one attached hydrogen (secondary N) is 1. The van der Waals surface area contributed by atoms with E-state index in [0.29, 0.717) is 6.04 Å². The molecule has 0 aliphatic heterocycles. The lowest BCUT2D eigenvalue weighted by molar-refractivity contribution is 0.561. The second-order valence-electron chi connectivity index (χ2n) is 5.59. The van der Waals surface area contributed by atoms with Gasteiger partial charge in [0.2, 0.25) is 0 Å². The van der Waals surface area contributed by atoms with Gasteiger partial charge in [-0.05, 0) is 13.0 Å². The Kier molecular flexibility index (Phi) is 4.93. The Hall–Kier alpha value is -0.410. The highest BCUT2D eigenvalue weighted by Gasteiger charge is 2.16. The Morgan fingerprint density at radius 1 is 1.38 bits per heavy atom. The van der Waals surface area contributed by atoms with Gasteiger partial charge in [0.1, 0.15) is 0 Å². The van der Waals surface area contributed by atoms with Crippen molar-refractivity contribution in [3.8, 4) is 0 Å². The van der Waals surface area contributed by atoms with E-state index < -0.39 is 0 Å². The molecule has 0 aromatic carbocycles. The minimum atomic E-state index is 0.185. The molecule has 0 atom stereocenters. The Morgan fingerprint density at radius 2 is 2.06 bits per heavy atom. The van der Waals surface area contributed by atoms with Gasteiger partial charge in [-0.15, -0.1) is 11.3 Å². The van der Waals surface area contributed by atoms with E-state index in [1.165, 1.54) is 17.1 Å². The van der Waals surface area contributed by atoms with Crippen LogP contribution in [0.15, 0.2) is 5.38 Å². The van der Waals surface area contributed by atoms with Gasteiger partial charge < -0.3 is 5.32 Å². The molecule has 16 heavy (non-hydrogen) atoms. The Bertz CT molecular complexity index is 310. The normalized spacial score (nSPS) is 12.4. The maximum atomic E-state index is 4.69. The molecule has 1 aromatic rings. The molecule has 3 heteroatoms. The Labute approximate surface area is 103 Å². The molecule has 0 amide bonds. The fraction of sp³-hybridized carbons (Fsp3) is 0.769. The maximum Gasteiger partial charge on any atom is 0.0928 e. The molecule has 2 nitrogen and oxygen atoms in total. The highest BCUT2D eigenvalue weighted by Crippen LogP contribution is 2.24. The monoisotopic (exact) mass is 240 g/mol. The summed E-state index contributed by atoms with van der Waals surface area (Å²) in [6, 6.07) is 0.585. The van der Waals surface area contributed by atoms with E-state index in [-0.39, 0.29) is 5.41 Å². The summed E-state index contributed by atoms with van der Waals surface area (Å²) in [6.45, 7) is 12.1. The third-order valence-corrected chi connectivity index (χ3v) is 3.35. The van der Waals surface area contributed by atoms with Crippen molar-refractivity contribution in [3.05, 3.63) is 16.1 Å². The lowest BCUT2D eigenvalue weighted by Gasteiger charge is -2.14. The molecule has 0 saturated carbocycles. The molecule has 0 fully saturated rings. The first kappa shape index (κ1) is 13.7. The smallest absolute Gasteiger partial charge is 0.0928 e. The number of thiazole rings is 1. The number of hydrogen-bond donors (Lipinski definition) is 1. The Morgan fingerprint density at radius 3 is 2.56 bits per heavy atom. The third kappa shape index (κ3) is 4.62. The maximum absolute atomic E-state index is 4.69. The molecule has 0 aliphatic rings. The van der Waals surface area contributed by atoms with E-state index >= 15 is 0 Å². The average Bonchev–Trinajstić information content (AvgIpc) is 2.59. The average molecular weight is 240 g/mol. The van der Waals surface area contributed by atoms with E-state index in [1.54, 1.807) is 11.3 Å². The second-order valence-corrected chi connectivity index (χ2v) is 6.53. The van der Waals surface area contributed by atoms with Gasteiger partial charge in [-0.3, -0.25) is 0 Å². The molecule has 0 saturated heterocycles. The van der Waals surface area contributed by atoms with E-state index in [1.807, 2.05) is 0 Å². The summed E-state index contributed by atoms with van der Waals surface area (Å²) < 4.78 is 0. The molecule has 0 aliphatic carbocycles. The number of rotatable bonds is 5. The highest BCUT2D eigenvalue weighted by atomic mass is 32.1. The first-order valence-corrected chi connectivity index (χ1v) is 6.96. The summed E-state index contributed by atoms with van der Waals surface area (Å²) >= 11 is 1.80. The van der Waals surface area contributed by atoms with Crippen molar-refractivity contribution in [2.75, 3.05) is 6.54 Å². The zero-order valence-corrected chi connectivity index (χ0v) is 11.9. The summed E-state index contributed by atoms with van der Waals surface area (Å²) in [7, 11) is 0. The quantitative estimate of drug-likeness (QED) is 0.798. The summed E-state index contributed by atoms with van der Waals surface area (Å²) in [5, 5.41) is 6.90. The number of nitrogens with zero attached hydrogens (tertiary/aromatic N) is 1. The fourth-order valence-electron chi connectivity index (χ4n) is 1.40. The molecule has 92 valence electrons. The van der Waals surface area contributed by atoms with Crippen molar-refractivity contribution >= 4 is 11.3 Å². The number of hydrogen-bond acceptors (Lipinski definition) is 3. The minimum absolute atomic E-state index is 0.185. The zero-order valence-electron chi connectivity index (χ0n) is 11.1. The van der Waals surface area contributed by atoms with Crippen LogP contribution >= 0.6 is 11.3 Å². The van der Waals surface area contributed by atoms with Crippen molar-refractivity contribution in [1.82, 2.24) is 10.3 Å². The molecule has 0 radical (unpaired) electrons. The van der Waals surface area contributed by atoms with Crippen LogP contribution in [0.4, 0.5) is 0 Å². The molecule has 1 aromatic heterocycles. The molecule has 0 bridgehead atoms. The van der Waals surface area contributed by atoms with Crippen molar-refractivity contribution in [1.29, 1.82) is 0 Å². The van der Waals surface area contributed by atoms with Crippen LogP contribution in [0, 0.1) is 0 Å². The van der Waals surface area contributed by atoms with Gasteiger partial charge in [0.25, 0.3) is 0 Å². The van der Waals surface area contributed by atoms with Crippen molar-refractivity contribution in [2.24, 2.45) is 0 Å². The van der Waals surface area contributed by atoms with E-state index in [9.17, 15) is 0 Å².